The molecule has 0 aromatic rings. The Morgan fingerprint density at radius 1 is 1.73 bits per heavy atom. The minimum absolute atomic E-state index is 0.0116. The van der Waals surface area contributed by atoms with Crippen molar-refractivity contribution in [3.05, 3.63) is 0 Å². The zero-order valence-electron chi connectivity index (χ0n) is 7.00. The van der Waals surface area contributed by atoms with Crippen LogP contribution in [-0.4, -0.2) is 21.4 Å². The van der Waals surface area contributed by atoms with Gasteiger partial charge in [0, 0.05) is 11.2 Å². The first-order valence-corrected chi connectivity index (χ1v) is 4.91. The Labute approximate surface area is 77.2 Å². The van der Waals surface area contributed by atoms with Gasteiger partial charge < -0.3 is 5.11 Å². The van der Waals surface area contributed by atoms with E-state index >= 15 is 0 Å². The van der Waals surface area contributed by atoms with Crippen molar-refractivity contribution in [2.75, 3.05) is 5.75 Å². The lowest BCUT2D eigenvalue weighted by atomic mass is 9.99. The standard InChI is InChI=1S/C7H14O2S2/c1-5(8)11-6(9)7(2,3)4-10/h5,8,10H,4H2,1-3H3. The summed E-state index contributed by atoms with van der Waals surface area (Å²) in [6.45, 7) is 5.21. The van der Waals surface area contributed by atoms with Crippen LogP contribution in [0.25, 0.3) is 0 Å². The van der Waals surface area contributed by atoms with Gasteiger partial charge in [0.15, 0.2) is 5.12 Å². The van der Waals surface area contributed by atoms with Crippen LogP contribution in [0.4, 0.5) is 0 Å². The topological polar surface area (TPSA) is 37.3 Å². The molecule has 1 unspecified atom stereocenters. The SMILES string of the molecule is CC(O)SC(=O)C(C)(C)CS. The van der Waals surface area contributed by atoms with Gasteiger partial charge >= 0.3 is 0 Å². The average molecular weight is 194 g/mol. The Morgan fingerprint density at radius 2 is 2.18 bits per heavy atom. The summed E-state index contributed by atoms with van der Waals surface area (Å²) < 4.78 is 0. The molecule has 0 bridgehead atoms. The second-order valence-electron chi connectivity index (χ2n) is 3.05. The van der Waals surface area contributed by atoms with Gasteiger partial charge in [-0.3, -0.25) is 4.79 Å². The molecule has 4 heteroatoms. The van der Waals surface area contributed by atoms with Crippen molar-refractivity contribution >= 4 is 29.5 Å². The molecule has 0 radical (unpaired) electrons. The summed E-state index contributed by atoms with van der Waals surface area (Å²) >= 11 is 5.00. The predicted molar refractivity (Wildman–Crippen MR) is 51.9 cm³/mol. The van der Waals surface area contributed by atoms with Gasteiger partial charge in [-0.1, -0.05) is 25.6 Å². The highest BCUT2D eigenvalue weighted by Crippen LogP contribution is 2.26. The molecule has 0 aliphatic carbocycles. The molecule has 0 amide bonds. The molecule has 0 heterocycles. The fraction of sp³-hybridized carbons (Fsp3) is 0.857. The van der Waals surface area contributed by atoms with E-state index in [9.17, 15) is 4.79 Å². The Morgan fingerprint density at radius 3 is 2.45 bits per heavy atom. The third-order valence-electron chi connectivity index (χ3n) is 1.23. The van der Waals surface area contributed by atoms with Crippen LogP contribution in [0.15, 0.2) is 0 Å². The predicted octanol–water partition coefficient (Wildman–Crippen LogP) is 1.54. The molecule has 0 aromatic carbocycles. The van der Waals surface area contributed by atoms with E-state index in [1.165, 1.54) is 0 Å². The quantitative estimate of drug-likeness (QED) is 0.528. The third kappa shape index (κ3) is 4.03. The van der Waals surface area contributed by atoms with Crippen molar-refractivity contribution < 1.29 is 9.90 Å². The number of carbonyl (C=O) groups excluding carboxylic acids is 1. The van der Waals surface area contributed by atoms with E-state index in [4.69, 9.17) is 5.11 Å². The highest BCUT2D eigenvalue weighted by Gasteiger charge is 2.27. The number of aliphatic hydroxyl groups excluding tert-OH is 1. The van der Waals surface area contributed by atoms with E-state index < -0.39 is 10.9 Å². The fourth-order valence-electron chi connectivity index (χ4n) is 0.379. The minimum Gasteiger partial charge on any atom is -0.382 e. The zero-order valence-corrected chi connectivity index (χ0v) is 8.71. The molecule has 11 heavy (non-hydrogen) atoms. The van der Waals surface area contributed by atoms with E-state index in [1.54, 1.807) is 6.92 Å². The summed E-state index contributed by atoms with van der Waals surface area (Å²) in [4.78, 5) is 11.3. The molecule has 66 valence electrons. The van der Waals surface area contributed by atoms with Crippen LogP contribution in [-0.2, 0) is 4.79 Å². The van der Waals surface area contributed by atoms with Gasteiger partial charge in [-0.25, -0.2) is 0 Å². The lowest BCUT2D eigenvalue weighted by Crippen LogP contribution is -2.24. The highest BCUT2D eigenvalue weighted by molar-refractivity contribution is 8.14. The van der Waals surface area contributed by atoms with Crippen LogP contribution in [0.1, 0.15) is 20.8 Å². The van der Waals surface area contributed by atoms with Crippen molar-refractivity contribution in [3.63, 3.8) is 0 Å². The van der Waals surface area contributed by atoms with Gasteiger partial charge in [-0.15, -0.1) is 0 Å². The molecule has 0 aliphatic rings. The van der Waals surface area contributed by atoms with Crippen LogP contribution >= 0.6 is 24.4 Å². The molecule has 0 rings (SSSR count). The summed E-state index contributed by atoms with van der Waals surface area (Å²) in [5.74, 6) is 0.506. The van der Waals surface area contributed by atoms with Gasteiger partial charge in [0.2, 0.25) is 0 Å². The lowest BCUT2D eigenvalue weighted by molar-refractivity contribution is -0.117. The van der Waals surface area contributed by atoms with Crippen LogP contribution in [0.2, 0.25) is 0 Å². The van der Waals surface area contributed by atoms with Crippen molar-refractivity contribution in [2.24, 2.45) is 5.41 Å². The van der Waals surface area contributed by atoms with Crippen LogP contribution < -0.4 is 0 Å². The number of thioether (sulfide) groups is 1. The number of carbonyl (C=O) groups is 1. The van der Waals surface area contributed by atoms with Crippen molar-refractivity contribution in [3.8, 4) is 0 Å². The first-order chi connectivity index (χ1) is 4.90. The first-order valence-electron chi connectivity index (χ1n) is 3.40. The van der Waals surface area contributed by atoms with Crippen LogP contribution in [0, 0.1) is 5.41 Å². The second-order valence-corrected chi connectivity index (χ2v) is 4.65. The van der Waals surface area contributed by atoms with E-state index in [-0.39, 0.29) is 5.12 Å². The third-order valence-corrected chi connectivity index (χ3v) is 3.12. The maximum absolute atomic E-state index is 11.3. The summed E-state index contributed by atoms with van der Waals surface area (Å²) in [5, 5.41) is 8.89. The maximum atomic E-state index is 11.3. The number of thiol groups is 1. The molecular weight excluding hydrogens is 180 g/mol. The fourth-order valence-corrected chi connectivity index (χ4v) is 1.33. The molecule has 1 atom stereocenters. The summed E-state index contributed by atoms with van der Waals surface area (Å²) in [5.41, 5.74) is -1.06. The molecule has 0 aliphatic heterocycles. The monoisotopic (exact) mass is 194 g/mol. The van der Waals surface area contributed by atoms with Crippen molar-refractivity contribution in [2.45, 2.75) is 26.2 Å². The maximum Gasteiger partial charge on any atom is 0.197 e. The van der Waals surface area contributed by atoms with Gasteiger partial charge in [0.1, 0.15) is 5.44 Å². The average Bonchev–Trinajstić information content (AvgIpc) is 1.86. The molecule has 0 saturated heterocycles. The minimum atomic E-state index is -0.623. The van der Waals surface area contributed by atoms with Crippen molar-refractivity contribution in [1.82, 2.24) is 0 Å². The number of aliphatic hydroxyl groups is 1. The van der Waals surface area contributed by atoms with E-state index in [1.807, 2.05) is 13.8 Å². The molecule has 0 aromatic heterocycles. The zero-order chi connectivity index (χ0) is 9.07. The van der Waals surface area contributed by atoms with Gasteiger partial charge in [0.05, 0.1) is 0 Å². The Kier molecular flexibility index (Phi) is 4.51. The normalized spacial score (nSPS) is 14.6. The highest BCUT2D eigenvalue weighted by atomic mass is 32.2. The van der Waals surface area contributed by atoms with E-state index in [0.29, 0.717) is 5.75 Å². The molecule has 1 N–H and O–H groups in total. The number of hydrogen-bond donors (Lipinski definition) is 2. The summed E-state index contributed by atoms with van der Waals surface area (Å²) in [6, 6.07) is 0. The summed E-state index contributed by atoms with van der Waals surface area (Å²) in [7, 11) is 0. The molecule has 0 fully saturated rings. The van der Waals surface area contributed by atoms with Crippen LogP contribution in [0.5, 0.6) is 0 Å². The number of hydrogen-bond acceptors (Lipinski definition) is 4. The Balaban J connectivity index is 4.02. The van der Waals surface area contributed by atoms with Crippen molar-refractivity contribution in [1.29, 1.82) is 0 Å². The Hall–Kier alpha value is 0.330. The number of rotatable bonds is 3. The first kappa shape index (κ1) is 11.3. The smallest absolute Gasteiger partial charge is 0.197 e. The molecular formula is C7H14O2S2. The van der Waals surface area contributed by atoms with Gasteiger partial charge in [-0.2, -0.15) is 12.6 Å². The van der Waals surface area contributed by atoms with Crippen LogP contribution in [0.3, 0.4) is 0 Å². The largest absolute Gasteiger partial charge is 0.382 e. The van der Waals surface area contributed by atoms with Gasteiger partial charge in [0.25, 0.3) is 0 Å². The summed E-state index contributed by atoms with van der Waals surface area (Å²) in [6.07, 6.45) is 0. The molecule has 2 nitrogen and oxygen atoms in total. The van der Waals surface area contributed by atoms with Gasteiger partial charge in [-0.05, 0) is 6.92 Å². The van der Waals surface area contributed by atoms with E-state index in [2.05, 4.69) is 12.6 Å². The second kappa shape index (κ2) is 4.38. The molecule has 0 saturated carbocycles. The lowest BCUT2D eigenvalue weighted by Gasteiger charge is -2.19. The molecule has 0 spiro atoms. The Bertz CT molecular complexity index is 143. The van der Waals surface area contributed by atoms with E-state index in [0.717, 1.165) is 11.8 Å².